The fourth-order valence-corrected chi connectivity index (χ4v) is 4.77. The molecule has 202 valence electrons. The van der Waals surface area contributed by atoms with Gasteiger partial charge < -0.3 is 15.1 Å². The molecular weight excluding hydrogens is 504 g/mol. The van der Waals surface area contributed by atoms with Crippen LogP contribution in [0.5, 0.6) is 0 Å². The van der Waals surface area contributed by atoms with Crippen LogP contribution in [0.3, 0.4) is 0 Å². The van der Waals surface area contributed by atoms with E-state index in [-0.39, 0.29) is 12.1 Å². The van der Waals surface area contributed by atoms with E-state index in [1.165, 1.54) is 5.69 Å². The van der Waals surface area contributed by atoms with Crippen molar-refractivity contribution in [3.8, 4) is 17.2 Å². The Kier molecular flexibility index (Phi) is 6.79. The molecule has 1 aliphatic heterocycles. The van der Waals surface area contributed by atoms with Crippen molar-refractivity contribution < 1.29 is 0 Å². The SMILES string of the molecule is C=CCn1c(=O)c2cnc(Nc3ccc(N4CCN(C)CC4)cc3)nc2n1-c1cccc(-c2cnc(C)cn2)n1. The second-order valence-corrected chi connectivity index (χ2v) is 9.80. The van der Waals surface area contributed by atoms with E-state index in [0.29, 0.717) is 34.2 Å². The van der Waals surface area contributed by atoms with Gasteiger partial charge in [-0.1, -0.05) is 12.1 Å². The van der Waals surface area contributed by atoms with Crippen LogP contribution in [-0.2, 0) is 6.54 Å². The monoisotopic (exact) mass is 534 g/mol. The number of anilines is 3. The molecule has 0 bridgehead atoms. The summed E-state index contributed by atoms with van der Waals surface area (Å²) < 4.78 is 3.25. The van der Waals surface area contributed by atoms with Crippen LogP contribution in [0, 0.1) is 6.92 Å². The van der Waals surface area contributed by atoms with E-state index in [1.807, 2.05) is 37.3 Å². The van der Waals surface area contributed by atoms with Gasteiger partial charge in [-0.05, 0) is 50.4 Å². The number of nitrogens with zero attached hydrogens (tertiary/aromatic N) is 9. The maximum atomic E-state index is 13.3. The molecule has 0 radical (unpaired) electrons. The van der Waals surface area contributed by atoms with Crippen molar-refractivity contribution in [2.75, 3.05) is 43.4 Å². The van der Waals surface area contributed by atoms with E-state index in [1.54, 1.807) is 34.0 Å². The number of benzene rings is 1. The highest BCUT2D eigenvalue weighted by atomic mass is 16.1. The van der Waals surface area contributed by atoms with Gasteiger partial charge in [-0.3, -0.25) is 14.8 Å². The zero-order valence-corrected chi connectivity index (χ0v) is 22.5. The number of aryl methyl sites for hydroxylation is 1. The lowest BCUT2D eigenvalue weighted by Gasteiger charge is -2.34. The van der Waals surface area contributed by atoms with Crippen molar-refractivity contribution in [2.24, 2.45) is 0 Å². The van der Waals surface area contributed by atoms with Crippen LogP contribution < -0.4 is 15.8 Å². The average Bonchev–Trinajstić information content (AvgIpc) is 3.25. The molecular formula is C29H30N10O. The number of nitrogens with one attached hydrogen (secondary N) is 1. The number of piperazine rings is 1. The third-order valence-electron chi connectivity index (χ3n) is 6.96. The summed E-state index contributed by atoms with van der Waals surface area (Å²) in [6.07, 6.45) is 6.61. The molecule has 1 N–H and O–H groups in total. The second-order valence-electron chi connectivity index (χ2n) is 9.80. The molecule has 0 aliphatic carbocycles. The van der Waals surface area contributed by atoms with Crippen molar-refractivity contribution in [3.05, 3.63) is 89.8 Å². The first-order chi connectivity index (χ1) is 19.5. The highest BCUT2D eigenvalue weighted by Crippen LogP contribution is 2.23. The third-order valence-corrected chi connectivity index (χ3v) is 6.96. The maximum absolute atomic E-state index is 13.3. The first-order valence-electron chi connectivity index (χ1n) is 13.2. The number of hydrogen-bond donors (Lipinski definition) is 1. The van der Waals surface area contributed by atoms with Crippen LogP contribution >= 0.6 is 0 Å². The minimum absolute atomic E-state index is 0.222. The maximum Gasteiger partial charge on any atom is 0.278 e. The number of fused-ring (bicyclic) bond motifs is 1. The number of pyridine rings is 1. The van der Waals surface area contributed by atoms with Crippen LogP contribution in [0.15, 0.2) is 78.5 Å². The summed E-state index contributed by atoms with van der Waals surface area (Å²) in [6, 6.07) is 13.8. The second kappa shape index (κ2) is 10.7. The molecule has 1 saturated heterocycles. The van der Waals surface area contributed by atoms with E-state index in [4.69, 9.17) is 9.97 Å². The standard InChI is InChI=1S/C29H30N10O/c1-4-12-38-28(40)23-18-32-29(33-21-8-10-22(11-9-21)37-15-13-36(3)14-16-37)35-27(23)39(38)26-7-5-6-24(34-26)25-19-30-20(2)17-31-25/h4-11,17-19H,1,12-16H2,2-3H3,(H,32,33,35). The molecule has 0 atom stereocenters. The Labute approximate surface area is 231 Å². The Morgan fingerprint density at radius 1 is 0.925 bits per heavy atom. The van der Waals surface area contributed by atoms with Gasteiger partial charge in [-0.15, -0.1) is 6.58 Å². The molecule has 11 heteroatoms. The van der Waals surface area contributed by atoms with Gasteiger partial charge in [0.2, 0.25) is 5.95 Å². The smallest absolute Gasteiger partial charge is 0.278 e. The summed E-state index contributed by atoms with van der Waals surface area (Å²) in [7, 11) is 2.15. The summed E-state index contributed by atoms with van der Waals surface area (Å²) in [6.45, 7) is 10.1. The summed E-state index contributed by atoms with van der Waals surface area (Å²) >= 11 is 0. The molecule has 1 aliphatic rings. The molecule has 5 heterocycles. The summed E-state index contributed by atoms with van der Waals surface area (Å²) in [5.74, 6) is 0.903. The van der Waals surface area contributed by atoms with Crippen molar-refractivity contribution in [1.29, 1.82) is 0 Å². The van der Waals surface area contributed by atoms with Gasteiger partial charge in [-0.25, -0.2) is 19.3 Å². The zero-order valence-electron chi connectivity index (χ0n) is 22.5. The van der Waals surface area contributed by atoms with Gasteiger partial charge in [-0.2, -0.15) is 4.98 Å². The first kappa shape index (κ1) is 25.4. The fourth-order valence-electron chi connectivity index (χ4n) is 4.77. The molecule has 4 aromatic heterocycles. The highest BCUT2D eigenvalue weighted by molar-refractivity contribution is 5.77. The first-order valence-corrected chi connectivity index (χ1v) is 13.2. The quantitative estimate of drug-likeness (QED) is 0.314. The molecule has 1 aromatic carbocycles. The third kappa shape index (κ3) is 4.94. The van der Waals surface area contributed by atoms with Gasteiger partial charge in [0.05, 0.1) is 24.1 Å². The van der Waals surface area contributed by atoms with E-state index in [9.17, 15) is 4.79 Å². The van der Waals surface area contributed by atoms with Crippen molar-refractivity contribution >= 4 is 28.4 Å². The van der Waals surface area contributed by atoms with Gasteiger partial charge in [0, 0.05) is 49.9 Å². The van der Waals surface area contributed by atoms with Crippen LogP contribution in [0.4, 0.5) is 17.3 Å². The number of hydrogen-bond acceptors (Lipinski definition) is 9. The zero-order chi connectivity index (χ0) is 27.6. The van der Waals surface area contributed by atoms with E-state index in [2.05, 4.69) is 55.8 Å². The minimum Gasteiger partial charge on any atom is -0.369 e. The van der Waals surface area contributed by atoms with Crippen molar-refractivity contribution in [2.45, 2.75) is 13.5 Å². The van der Waals surface area contributed by atoms with Gasteiger partial charge in [0.25, 0.3) is 5.56 Å². The van der Waals surface area contributed by atoms with Crippen LogP contribution in [-0.4, -0.2) is 72.4 Å². The van der Waals surface area contributed by atoms with Gasteiger partial charge in [0.15, 0.2) is 11.5 Å². The number of allylic oxidation sites excluding steroid dienone is 1. The predicted molar refractivity (Wildman–Crippen MR) is 156 cm³/mol. The van der Waals surface area contributed by atoms with E-state index in [0.717, 1.165) is 37.6 Å². The molecule has 5 aromatic rings. The molecule has 40 heavy (non-hydrogen) atoms. The Morgan fingerprint density at radius 3 is 2.45 bits per heavy atom. The number of likely N-dealkylation sites (N-methyl/N-ethyl adjacent to an activating group) is 1. The fraction of sp³-hybridized carbons (Fsp3) is 0.241. The van der Waals surface area contributed by atoms with Crippen molar-refractivity contribution in [1.82, 2.24) is 39.2 Å². The Morgan fingerprint density at radius 2 is 1.73 bits per heavy atom. The number of rotatable bonds is 7. The molecule has 0 saturated carbocycles. The summed E-state index contributed by atoms with van der Waals surface area (Å²) in [4.78, 5) is 40.8. The lowest BCUT2D eigenvalue weighted by molar-refractivity contribution is 0.313. The predicted octanol–water partition coefficient (Wildman–Crippen LogP) is 3.42. The van der Waals surface area contributed by atoms with Gasteiger partial charge in [0.1, 0.15) is 11.1 Å². The topological polar surface area (TPSA) is 110 Å². The number of aromatic nitrogens is 7. The molecule has 6 rings (SSSR count). The van der Waals surface area contributed by atoms with Gasteiger partial charge >= 0.3 is 0 Å². The lowest BCUT2D eigenvalue weighted by Crippen LogP contribution is -2.44. The summed E-state index contributed by atoms with van der Waals surface area (Å²) in [5.41, 5.74) is 4.36. The average molecular weight is 535 g/mol. The molecule has 1 fully saturated rings. The lowest BCUT2D eigenvalue weighted by atomic mass is 10.2. The molecule has 0 spiro atoms. The summed E-state index contributed by atoms with van der Waals surface area (Å²) in [5, 5.41) is 3.67. The van der Waals surface area contributed by atoms with Crippen LogP contribution in [0.25, 0.3) is 28.2 Å². The Hall–Kier alpha value is -4.90. The van der Waals surface area contributed by atoms with Crippen molar-refractivity contribution in [3.63, 3.8) is 0 Å². The van der Waals surface area contributed by atoms with Crippen LogP contribution in [0.2, 0.25) is 0 Å². The largest absolute Gasteiger partial charge is 0.369 e. The molecule has 0 amide bonds. The molecule has 0 unspecified atom stereocenters. The molecule has 11 nitrogen and oxygen atoms in total. The van der Waals surface area contributed by atoms with Crippen LogP contribution in [0.1, 0.15) is 5.69 Å². The normalized spacial score (nSPS) is 14.0. The van der Waals surface area contributed by atoms with E-state index < -0.39 is 0 Å². The highest BCUT2D eigenvalue weighted by Gasteiger charge is 2.19. The van der Waals surface area contributed by atoms with E-state index >= 15 is 0 Å². The Bertz CT molecular complexity index is 1720. The Balaban J connectivity index is 1.35. The minimum atomic E-state index is -0.222.